The molecule has 6 nitrogen and oxygen atoms in total. The van der Waals surface area contributed by atoms with Gasteiger partial charge in [0, 0.05) is 5.02 Å². The van der Waals surface area contributed by atoms with Crippen LogP contribution in [-0.4, -0.2) is 20.6 Å². The molecule has 0 unspecified atom stereocenters. The summed E-state index contributed by atoms with van der Waals surface area (Å²) in [6, 6.07) is 19.3. The van der Waals surface area contributed by atoms with Gasteiger partial charge in [0.2, 0.25) is 0 Å². The average Bonchev–Trinajstić information content (AvgIpc) is 2.70. The second kappa shape index (κ2) is 8.89. The van der Waals surface area contributed by atoms with Crippen LogP contribution in [0.5, 0.6) is 5.75 Å². The van der Waals surface area contributed by atoms with E-state index >= 15 is 0 Å². The predicted octanol–water partition coefficient (Wildman–Crippen LogP) is 4.18. The van der Waals surface area contributed by atoms with Crippen LogP contribution in [0.15, 0.2) is 82.8 Å². The summed E-state index contributed by atoms with van der Waals surface area (Å²) in [6.45, 7) is 1.87. The lowest BCUT2D eigenvalue weighted by molar-refractivity contribution is 0.0734. The fourth-order valence-corrected chi connectivity index (χ4v) is 3.23. The highest BCUT2D eigenvalue weighted by atomic mass is 35.5. The van der Waals surface area contributed by atoms with Crippen LogP contribution < -0.4 is 9.57 Å². The molecule has 0 amide bonds. The molecule has 0 fully saturated rings. The van der Waals surface area contributed by atoms with Crippen LogP contribution in [0.4, 0.5) is 0 Å². The lowest BCUT2D eigenvalue weighted by Crippen LogP contribution is -2.18. The number of nitrogens with one attached hydrogen (secondary N) is 1. The Balaban J connectivity index is 1.60. The largest absolute Gasteiger partial charge is 0.423 e. The van der Waals surface area contributed by atoms with E-state index in [2.05, 4.69) is 9.93 Å². The lowest BCUT2D eigenvalue weighted by Gasteiger charge is -2.05. The Hall–Kier alpha value is -3.16. The minimum atomic E-state index is -3.73. The molecule has 29 heavy (non-hydrogen) atoms. The lowest BCUT2D eigenvalue weighted by atomic mass is 10.2. The van der Waals surface area contributed by atoms with Gasteiger partial charge < -0.3 is 4.74 Å². The summed E-state index contributed by atoms with van der Waals surface area (Å²) in [4.78, 5) is 14.4. The number of nitrogens with zero attached hydrogens (tertiary/aromatic N) is 1. The minimum absolute atomic E-state index is 0.129. The zero-order valence-corrected chi connectivity index (χ0v) is 16.9. The summed E-state index contributed by atoms with van der Waals surface area (Å²) in [5, 5.41) is 4.31. The molecule has 0 aromatic heterocycles. The highest BCUT2D eigenvalue weighted by Gasteiger charge is 2.12. The first-order chi connectivity index (χ1) is 13.8. The number of carbonyl (C=O) groups is 1. The average molecular weight is 429 g/mol. The van der Waals surface area contributed by atoms with Crippen molar-refractivity contribution >= 4 is 33.8 Å². The molecular weight excluding hydrogens is 412 g/mol. The first-order valence-electron chi connectivity index (χ1n) is 8.53. The summed E-state index contributed by atoms with van der Waals surface area (Å²) < 4.78 is 29.6. The Kier molecular flexibility index (Phi) is 6.31. The number of sulfonamides is 1. The first-order valence-corrected chi connectivity index (χ1v) is 10.4. The van der Waals surface area contributed by atoms with Gasteiger partial charge in [-0.3, -0.25) is 0 Å². The van der Waals surface area contributed by atoms with Gasteiger partial charge in [-0.25, -0.2) is 9.63 Å². The van der Waals surface area contributed by atoms with Crippen molar-refractivity contribution in [2.45, 2.75) is 11.8 Å². The number of hydrogen-bond donors (Lipinski definition) is 1. The molecule has 8 heteroatoms. The molecular formula is C21H17ClN2O4S. The quantitative estimate of drug-likeness (QED) is 0.276. The van der Waals surface area contributed by atoms with Crippen LogP contribution in [0.1, 0.15) is 21.5 Å². The molecule has 1 N–H and O–H groups in total. The van der Waals surface area contributed by atoms with Gasteiger partial charge in [-0.1, -0.05) is 29.3 Å². The van der Waals surface area contributed by atoms with E-state index in [1.165, 1.54) is 18.3 Å². The number of ether oxygens (including phenoxy) is 1. The number of hydrogen-bond acceptors (Lipinski definition) is 5. The molecule has 0 atom stereocenters. The van der Waals surface area contributed by atoms with Crippen LogP contribution in [0, 0.1) is 6.92 Å². The van der Waals surface area contributed by atoms with Crippen LogP contribution in [0.3, 0.4) is 0 Å². The third kappa shape index (κ3) is 5.66. The van der Waals surface area contributed by atoms with Gasteiger partial charge in [-0.15, -0.1) is 0 Å². The van der Waals surface area contributed by atoms with Crippen molar-refractivity contribution in [2.24, 2.45) is 5.10 Å². The van der Waals surface area contributed by atoms with E-state index in [1.807, 2.05) is 6.92 Å². The molecule has 0 saturated heterocycles. The minimum Gasteiger partial charge on any atom is -0.423 e. The fourth-order valence-electron chi connectivity index (χ4n) is 2.31. The van der Waals surface area contributed by atoms with Crippen molar-refractivity contribution in [3.8, 4) is 5.75 Å². The molecule has 3 aromatic carbocycles. The third-order valence-electron chi connectivity index (χ3n) is 3.89. The summed E-state index contributed by atoms with van der Waals surface area (Å²) in [5.41, 5.74) is 1.97. The maximum absolute atomic E-state index is 12.2. The standard InChI is InChI=1S/C21H17ClN2O4S/c1-15-2-12-20(13-3-15)29(26,27)24-23-14-16-4-10-19(11-5-16)28-21(25)17-6-8-18(22)9-7-17/h2-14,24H,1H3/b23-14-. The molecule has 3 rings (SSSR count). The highest BCUT2D eigenvalue weighted by Crippen LogP contribution is 2.15. The maximum Gasteiger partial charge on any atom is 0.343 e. The van der Waals surface area contributed by atoms with E-state index in [1.54, 1.807) is 60.7 Å². The van der Waals surface area contributed by atoms with Gasteiger partial charge in [-0.2, -0.15) is 13.5 Å². The second-order valence-electron chi connectivity index (χ2n) is 6.13. The third-order valence-corrected chi connectivity index (χ3v) is 5.38. The Morgan fingerprint density at radius 2 is 1.59 bits per heavy atom. The topological polar surface area (TPSA) is 84.8 Å². The van der Waals surface area contributed by atoms with Crippen molar-refractivity contribution in [1.82, 2.24) is 4.83 Å². The van der Waals surface area contributed by atoms with Crippen LogP contribution in [0.25, 0.3) is 0 Å². The monoisotopic (exact) mass is 428 g/mol. The second-order valence-corrected chi connectivity index (χ2v) is 8.23. The smallest absolute Gasteiger partial charge is 0.343 e. The van der Waals surface area contributed by atoms with Crippen molar-refractivity contribution in [1.29, 1.82) is 0 Å². The van der Waals surface area contributed by atoms with Gasteiger partial charge >= 0.3 is 5.97 Å². The van der Waals surface area contributed by atoms with Crippen LogP contribution >= 0.6 is 11.6 Å². The molecule has 0 aliphatic heterocycles. The van der Waals surface area contributed by atoms with E-state index < -0.39 is 16.0 Å². The van der Waals surface area contributed by atoms with Crippen molar-refractivity contribution < 1.29 is 17.9 Å². The van der Waals surface area contributed by atoms with E-state index in [0.29, 0.717) is 21.9 Å². The normalized spacial score (nSPS) is 11.4. The molecule has 148 valence electrons. The van der Waals surface area contributed by atoms with Gasteiger partial charge in [0.15, 0.2) is 0 Å². The van der Waals surface area contributed by atoms with Crippen molar-refractivity contribution in [3.63, 3.8) is 0 Å². The van der Waals surface area contributed by atoms with Gasteiger partial charge in [-0.05, 0) is 73.2 Å². The zero-order chi connectivity index (χ0) is 20.9. The molecule has 0 spiro atoms. The number of hydrazone groups is 1. The summed E-state index contributed by atoms with van der Waals surface area (Å²) in [5.74, 6) is -0.156. The summed E-state index contributed by atoms with van der Waals surface area (Å²) in [7, 11) is -3.73. The van der Waals surface area contributed by atoms with E-state index in [0.717, 1.165) is 5.56 Å². The molecule has 0 bridgehead atoms. The molecule has 0 saturated carbocycles. The number of halogens is 1. The van der Waals surface area contributed by atoms with Gasteiger partial charge in [0.1, 0.15) is 5.75 Å². The van der Waals surface area contributed by atoms with E-state index in [9.17, 15) is 13.2 Å². The number of esters is 1. The Labute approximate surface area is 173 Å². The van der Waals surface area contributed by atoms with Crippen LogP contribution in [-0.2, 0) is 10.0 Å². The molecule has 0 heterocycles. The Bertz CT molecular complexity index is 1120. The van der Waals surface area contributed by atoms with Crippen molar-refractivity contribution in [3.05, 3.63) is 94.5 Å². The fraction of sp³-hybridized carbons (Fsp3) is 0.0476. The predicted molar refractivity (Wildman–Crippen MR) is 112 cm³/mol. The maximum atomic E-state index is 12.2. The molecule has 0 aliphatic rings. The zero-order valence-electron chi connectivity index (χ0n) is 15.4. The number of rotatable bonds is 6. The van der Waals surface area contributed by atoms with E-state index in [4.69, 9.17) is 16.3 Å². The SMILES string of the molecule is Cc1ccc(S(=O)(=O)N/N=C\c2ccc(OC(=O)c3ccc(Cl)cc3)cc2)cc1. The highest BCUT2D eigenvalue weighted by molar-refractivity contribution is 7.89. The number of benzene rings is 3. The first kappa shape index (κ1) is 20.6. The Morgan fingerprint density at radius 1 is 0.966 bits per heavy atom. The van der Waals surface area contributed by atoms with Crippen molar-refractivity contribution in [2.75, 3.05) is 0 Å². The van der Waals surface area contributed by atoms with Gasteiger partial charge in [0.25, 0.3) is 10.0 Å². The molecule has 0 radical (unpaired) electrons. The summed E-state index contributed by atoms with van der Waals surface area (Å²) >= 11 is 5.80. The van der Waals surface area contributed by atoms with Crippen LogP contribution in [0.2, 0.25) is 5.02 Å². The van der Waals surface area contributed by atoms with Gasteiger partial charge in [0.05, 0.1) is 16.7 Å². The number of carbonyl (C=O) groups excluding carboxylic acids is 1. The number of aryl methyl sites for hydroxylation is 1. The molecule has 0 aliphatic carbocycles. The molecule has 3 aromatic rings. The van der Waals surface area contributed by atoms with E-state index in [-0.39, 0.29) is 4.90 Å². The Morgan fingerprint density at radius 3 is 2.21 bits per heavy atom. The summed E-state index contributed by atoms with van der Waals surface area (Å²) in [6.07, 6.45) is 1.36.